The van der Waals surface area contributed by atoms with Crippen LogP contribution in [0.5, 0.6) is 11.5 Å². The maximum absolute atomic E-state index is 12.1. The van der Waals surface area contributed by atoms with Crippen molar-refractivity contribution in [3.8, 4) is 11.5 Å². The first-order valence-corrected chi connectivity index (χ1v) is 6.25. The molecule has 1 aliphatic rings. The number of aromatic nitrogens is 3. The third-order valence-electron chi connectivity index (χ3n) is 2.94. The Morgan fingerprint density at radius 3 is 3.10 bits per heavy atom. The molecule has 7 heteroatoms. The van der Waals surface area contributed by atoms with Gasteiger partial charge in [0.2, 0.25) is 6.79 Å². The van der Waals surface area contributed by atoms with E-state index in [9.17, 15) is 4.79 Å². The molecule has 0 bridgehead atoms. The molecular formula is C13H14N4O3. The molecule has 2 aromatic rings. The summed E-state index contributed by atoms with van der Waals surface area (Å²) in [5.74, 6) is 1.11. The van der Waals surface area contributed by atoms with Gasteiger partial charge in [-0.1, -0.05) is 0 Å². The highest BCUT2D eigenvalue weighted by molar-refractivity contribution is 5.95. The van der Waals surface area contributed by atoms with E-state index < -0.39 is 0 Å². The van der Waals surface area contributed by atoms with Gasteiger partial charge in [0, 0.05) is 11.6 Å². The highest BCUT2D eigenvalue weighted by Crippen LogP contribution is 2.32. The molecule has 0 saturated heterocycles. The average Bonchev–Trinajstić information content (AvgIpc) is 3.07. The first-order valence-electron chi connectivity index (χ1n) is 6.25. The highest BCUT2D eigenvalue weighted by Gasteiger charge is 2.17. The van der Waals surface area contributed by atoms with Crippen molar-refractivity contribution in [2.75, 3.05) is 6.79 Å². The molecular weight excluding hydrogens is 260 g/mol. The van der Waals surface area contributed by atoms with Gasteiger partial charge in [-0.15, -0.1) is 0 Å². The summed E-state index contributed by atoms with van der Waals surface area (Å²) in [5, 5.41) is 6.90. The summed E-state index contributed by atoms with van der Waals surface area (Å²) < 4.78 is 12.1. The fraction of sp³-hybridized carbons (Fsp3) is 0.308. The number of rotatable bonds is 4. The molecule has 0 radical (unpaired) electrons. The Morgan fingerprint density at radius 2 is 2.30 bits per heavy atom. The molecule has 1 atom stereocenters. The van der Waals surface area contributed by atoms with E-state index in [1.807, 2.05) is 6.92 Å². The lowest BCUT2D eigenvalue weighted by atomic mass is 10.2. The molecule has 1 N–H and O–H groups in total. The third kappa shape index (κ3) is 2.56. The minimum atomic E-state index is -0.157. The topological polar surface area (TPSA) is 78.3 Å². The van der Waals surface area contributed by atoms with Crippen molar-refractivity contribution >= 4 is 5.91 Å². The number of ether oxygens (including phenoxy) is 2. The van der Waals surface area contributed by atoms with Crippen LogP contribution in [0.1, 0.15) is 17.3 Å². The van der Waals surface area contributed by atoms with E-state index in [0.29, 0.717) is 23.6 Å². The number of carbonyl (C=O) groups is 1. The monoisotopic (exact) mass is 274 g/mol. The number of amides is 1. The molecule has 2 heterocycles. The lowest BCUT2D eigenvalue weighted by molar-refractivity contribution is 0.0935. The number of benzene rings is 1. The van der Waals surface area contributed by atoms with Crippen molar-refractivity contribution in [1.29, 1.82) is 0 Å². The molecule has 3 rings (SSSR count). The van der Waals surface area contributed by atoms with Crippen LogP contribution < -0.4 is 14.8 Å². The Labute approximate surface area is 115 Å². The molecule has 0 aliphatic carbocycles. The molecule has 20 heavy (non-hydrogen) atoms. The van der Waals surface area contributed by atoms with E-state index in [2.05, 4.69) is 15.4 Å². The van der Waals surface area contributed by atoms with Crippen LogP contribution in [0.3, 0.4) is 0 Å². The lowest BCUT2D eigenvalue weighted by Gasteiger charge is -2.13. The van der Waals surface area contributed by atoms with E-state index in [-0.39, 0.29) is 18.7 Å². The Balaban J connectivity index is 1.64. The number of hydrogen-bond donors (Lipinski definition) is 1. The summed E-state index contributed by atoms with van der Waals surface area (Å²) >= 11 is 0. The van der Waals surface area contributed by atoms with Gasteiger partial charge in [-0.05, 0) is 25.1 Å². The minimum absolute atomic E-state index is 0.0605. The van der Waals surface area contributed by atoms with Crippen LogP contribution in [0.15, 0.2) is 30.9 Å². The zero-order valence-electron chi connectivity index (χ0n) is 10.9. The van der Waals surface area contributed by atoms with Crippen molar-refractivity contribution in [1.82, 2.24) is 20.1 Å². The van der Waals surface area contributed by atoms with Crippen molar-refractivity contribution < 1.29 is 14.3 Å². The number of nitrogens with one attached hydrogen (secondary N) is 1. The smallest absolute Gasteiger partial charge is 0.251 e. The molecule has 1 aliphatic heterocycles. The van der Waals surface area contributed by atoms with Crippen molar-refractivity contribution in [3.05, 3.63) is 36.4 Å². The van der Waals surface area contributed by atoms with Crippen LogP contribution in [0.2, 0.25) is 0 Å². The quantitative estimate of drug-likeness (QED) is 0.893. The van der Waals surface area contributed by atoms with Crippen LogP contribution in [-0.2, 0) is 6.54 Å². The van der Waals surface area contributed by atoms with Gasteiger partial charge in [-0.25, -0.2) is 4.98 Å². The lowest BCUT2D eigenvalue weighted by Crippen LogP contribution is -2.35. The Bertz CT molecular complexity index is 612. The normalized spacial score (nSPS) is 14.1. The minimum Gasteiger partial charge on any atom is -0.454 e. The fourth-order valence-electron chi connectivity index (χ4n) is 2.00. The largest absolute Gasteiger partial charge is 0.454 e. The Morgan fingerprint density at radius 1 is 1.45 bits per heavy atom. The molecule has 1 aromatic heterocycles. The van der Waals surface area contributed by atoms with E-state index >= 15 is 0 Å². The number of carbonyl (C=O) groups excluding carboxylic acids is 1. The summed E-state index contributed by atoms with van der Waals surface area (Å²) in [7, 11) is 0. The summed E-state index contributed by atoms with van der Waals surface area (Å²) in [6.45, 7) is 2.67. The molecule has 1 unspecified atom stereocenters. The van der Waals surface area contributed by atoms with E-state index in [1.54, 1.807) is 29.2 Å². The van der Waals surface area contributed by atoms with Gasteiger partial charge < -0.3 is 14.8 Å². The highest BCUT2D eigenvalue weighted by atomic mass is 16.7. The molecule has 0 spiro atoms. The molecule has 0 fully saturated rings. The van der Waals surface area contributed by atoms with Crippen LogP contribution >= 0.6 is 0 Å². The van der Waals surface area contributed by atoms with Gasteiger partial charge in [-0.2, -0.15) is 5.10 Å². The zero-order chi connectivity index (χ0) is 13.9. The average molecular weight is 274 g/mol. The van der Waals surface area contributed by atoms with Crippen molar-refractivity contribution in [3.63, 3.8) is 0 Å². The molecule has 0 saturated carbocycles. The van der Waals surface area contributed by atoms with Gasteiger partial charge >= 0.3 is 0 Å². The number of fused-ring (bicyclic) bond motifs is 1. The summed E-state index contributed by atoms with van der Waals surface area (Å²) in [5.41, 5.74) is 0.541. The van der Waals surface area contributed by atoms with Gasteiger partial charge in [0.25, 0.3) is 5.91 Å². The second kappa shape index (κ2) is 5.20. The maximum atomic E-state index is 12.1. The Kier molecular flexibility index (Phi) is 3.24. The summed E-state index contributed by atoms with van der Waals surface area (Å²) in [4.78, 5) is 16.0. The van der Waals surface area contributed by atoms with Crippen LogP contribution in [0, 0.1) is 0 Å². The second-order valence-corrected chi connectivity index (χ2v) is 4.56. The first-order chi connectivity index (χ1) is 9.72. The second-order valence-electron chi connectivity index (χ2n) is 4.56. The summed E-state index contributed by atoms with van der Waals surface area (Å²) in [6, 6.07) is 5.07. The van der Waals surface area contributed by atoms with Crippen LogP contribution in [-0.4, -0.2) is 33.5 Å². The van der Waals surface area contributed by atoms with Gasteiger partial charge in [-0.3, -0.25) is 9.48 Å². The van der Waals surface area contributed by atoms with Crippen LogP contribution in [0.25, 0.3) is 0 Å². The standard InChI is InChI=1S/C13H14N4O3/c1-9(5-17-7-14-6-15-17)16-13(18)10-2-3-11-12(4-10)20-8-19-11/h2-4,6-7,9H,5,8H2,1H3,(H,16,18). The molecule has 1 amide bonds. The third-order valence-corrected chi connectivity index (χ3v) is 2.94. The van der Waals surface area contributed by atoms with Crippen molar-refractivity contribution in [2.24, 2.45) is 0 Å². The summed E-state index contributed by atoms with van der Waals surface area (Å²) in [6.07, 6.45) is 3.08. The molecule has 104 valence electrons. The fourth-order valence-corrected chi connectivity index (χ4v) is 2.00. The predicted molar refractivity (Wildman–Crippen MR) is 69.5 cm³/mol. The molecule has 7 nitrogen and oxygen atoms in total. The van der Waals surface area contributed by atoms with E-state index in [1.165, 1.54) is 6.33 Å². The zero-order valence-corrected chi connectivity index (χ0v) is 10.9. The van der Waals surface area contributed by atoms with E-state index in [4.69, 9.17) is 9.47 Å². The van der Waals surface area contributed by atoms with Crippen molar-refractivity contribution in [2.45, 2.75) is 19.5 Å². The van der Waals surface area contributed by atoms with Gasteiger partial charge in [0.15, 0.2) is 11.5 Å². The van der Waals surface area contributed by atoms with Gasteiger partial charge in [0.05, 0.1) is 6.54 Å². The Hall–Kier alpha value is -2.57. The number of nitrogens with zero attached hydrogens (tertiary/aromatic N) is 3. The number of hydrogen-bond acceptors (Lipinski definition) is 5. The van der Waals surface area contributed by atoms with Crippen LogP contribution in [0.4, 0.5) is 0 Å². The van der Waals surface area contributed by atoms with E-state index in [0.717, 1.165) is 0 Å². The first kappa shape index (κ1) is 12.5. The predicted octanol–water partition coefficient (Wildman–Crippen LogP) is 0.825. The molecule has 1 aromatic carbocycles. The SMILES string of the molecule is CC(Cn1cncn1)NC(=O)c1ccc2c(c1)OCO2. The maximum Gasteiger partial charge on any atom is 0.251 e. The van der Waals surface area contributed by atoms with Gasteiger partial charge in [0.1, 0.15) is 12.7 Å².